The minimum atomic E-state index is -3.66. The quantitative estimate of drug-likeness (QED) is 0.539. The predicted octanol–water partition coefficient (Wildman–Crippen LogP) is 3.29. The van der Waals surface area contributed by atoms with Gasteiger partial charge in [-0.1, -0.05) is 17.7 Å². The molecule has 2 N–H and O–H groups in total. The molecule has 9 heteroatoms. The van der Waals surface area contributed by atoms with Crippen LogP contribution in [-0.2, 0) is 10.0 Å². The molecule has 4 aromatic rings. The maximum absolute atomic E-state index is 12.6. The van der Waals surface area contributed by atoms with E-state index in [-0.39, 0.29) is 4.90 Å². The van der Waals surface area contributed by atoms with E-state index in [1.54, 1.807) is 40.9 Å². The lowest BCUT2D eigenvalue weighted by Crippen LogP contribution is -2.12. The van der Waals surface area contributed by atoms with Crippen LogP contribution in [-0.4, -0.2) is 28.0 Å². The lowest BCUT2D eigenvalue weighted by Gasteiger charge is -2.11. The summed E-state index contributed by atoms with van der Waals surface area (Å²) in [7, 11) is -3.66. The molecule has 2 heterocycles. The normalized spacial score (nSPS) is 11.5. The molecule has 0 radical (unpaired) electrons. The van der Waals surface area contributed by atoms with E-state index in [0.29, 0.717) is 17.3 Å². The minimum absolute atomic E-state index is 0.176. The molecule has 0 spiro atoms. The second kappa shape index (κ2) is 6.93. The SMILES string of the molecule is Cc1ccc(NS(=O)(=O)c2ccc(Nc3cc(C)nc4ncnn34)cc2)cc1. The van der Waals surface area contributed by atoms with Gasteiger partial charge < -0.3 is 5.32 Å². The first-order chi connectivity index (χ1) is 13.4. The van der Waals surface area contributed by atoms with Crippen LogP contribution < -0.4 is 10.0 Å². The molecule has 142 valence electrons. The third-order valence-corrected chi connectivity index (χ3v) is 5.52. The summed E-state index contributed by atoms with van der Waals surface area (Å²) < 4.78 is 29.3. The Labute approximate surface area is 162 Å². The fourth-order valence-corrected chi connectivity index (χ4v) is 3.78. The number of hydrogen-bond donors (Lipinski definition) is 2. The Morgan fingerprint density at radius 1 is 0.929 bits per heavy atom. The third-order valence-electron chi connectivity index (χ3n) is 4.12. The van der Waals surface area contributed by atoms with Gasteiger partial charge >= 0.3 is 0 Å². The van der Waals surface area contributed by atoms with Crippen LogP contribution in [0.25, 0.3) is 5.78 Å². The summed E-state index contributed by atoms with van der Waals surface area (Å²) in [6.07, 6.45) is 1.43. The summed E-state index contributed by atoms with van der Waals surface area (Å²) in [4.78, 5) is 8.55. The number of aromatic nitrogens is 4. The van der Waals surface area contributed by atoms with E-state index in [4.69, 9.17) is 0 Å². The van der Waals surface area contributed by atoms with Crippen molar-refractivity contribution < 1.29 is 8.42 Å². The van der Waals surface area contributed by atoms with Gasteiger partial charge in [-0.2, -0.15) is 14.6 Å². The lowest BCUT2D eigenvalue weighted by molar-refractivity contribution is 0.601. The Balaban J connectivity index is 1.56. The smallest absolute Gasteiger partial charge is 0.261 e. The van der Waals surface area contributed by atoms with Gasteiger partial charge in [0.15, 0.2) is 0 Å². The topological polar surface area (TPSA) is 101 Å². The van der Waals surface area contributed by atoms with Crippen LogP contribution in [0.5, 0.6) is 0 Å². The number of nitrogens with zero attached hydrogens (tertiary/aromatic N) is 4. The van der Waals surface area contributed by atoms with E-state index in [1.807, 2.05) is 32.0 Å². The van der Waals surface area contributed by atoms with Crippen LogP contribution >= 0.6 is 0 Å². The number of anilines is 3. The van der Waals surface area contributed by atoms with Gasteiger partial charge in [-0.25, -0.2) is 13.4 Å². The number of nitrogens with one attached hydrogen (secondary N) is 2. The molecule has 0 unspecified atom stereocenters. The van der Waals surface area contributed by atoms with Crippen molar-refractivity contribution >= 4 is 33.0 Å². The van der Waals surface area contributed by atoms with E-state index in [2.05, 4.69) is 25.1 Å². The summed E-state index contributed by atoms with van der Waals surface area (Å²) in [6.45, 7) is 3.81. The van der Waals surface area contributed by atoms with Gasteiger partial charge in [0.05, 0.1) is 4.90 Å². The van der Waals surface area contributed by atoms with Gasteiger partial charge in [-0.3, -0.25) is 4.72 Å². The van der Waals surface area contributed by atoms with Gasteiger partial charge in [0.1, 0.15) is 12.1 Å². The van der Waals surface area contributed by atoms with Crippen molar-refractivity contribution in [2.75, 3.05) is 10.0 Å². The van der Waals surface area contributed by atoms with E-state index in [9.17, 15) is 8.42 Å². The predicted molar refractivity (Wildman–Crippen MR) is 107 cm³/mol. The number of sulfonamides is 1. The Morgan fingerprint density at radius 2 is 1.61 bits per heavy atom. The molecule has 2 aromatic carbocycles. The highest BCUT2D eigenvalue weighted by molar-refractivity contribution is 7.92. The van der Waals surface area contributed by atoms with Crippen molar-refractivity contribution in [2.24, 2.45) is 0 Å². The summed E-state index contributed by atoms with van der Waals surface area (Å²) in [5, 5.41) is 7.35. The van der Waals surface area contributed by atoms with Gasteiger partial charge in [0.2, 0.25) is 0 Å². The lowest BCUT2D eigenvalue weighted by atomic mass is 10.2. The Kier molecular flexibility index (Phi) is 4.44. The fraction of sp³-hybridized carbons (Fsp3) is 0.105. The molecule has 28 heavy (non-hydrogen) atoms. The fourth-order valence-electron chi connectivity index (χ4n) is 2.72. The zero-order valence-electron chi connectivity index (χ0n) is 15.3. The van der Waals surface area contributed by atoms with Crippen LogP contribution in [0.1, 0.15) is 11.3 Å². The van der Waals surface area contributed by atoms with Crippen molar-refractivity contribution in [3.05, 3.63) is 72.2 Å². The van der Waals surface area contributed by atoms with Gasteiger partial charge in [0.25, 0.3) is 15.8 Å². The molecule has 2 aromatic heterocycles. The molecule has 0 atom stereocenters. The van der Waals surface area contributed by atoms with Gasteiger partial charge in [0, 0.05) is 23.1 Å². The maximum atomic E-state index is 12.6. The molecule has 4 rings (SSSR count). The van der Waals surface area contributed by atoms with E-state index < -0.39 is 10.0 Å². The number of rotatable bonds is 5. The molecule has 0 aliphatic rings. The monoisotopic (exact) mass is 394 g/mol. The van der Waals surface area contributed by atoms with Crippen molar-refractivity contribution in [2.45, 2.75) is 18.7 Å². The van der Waals surface area contributed by atoms with Crippen molar-refractivity contribution in [1.82, 2.24) is 19.6 Å². The number of fused-ring (bicyclic) bond motifs is 1. The zero-order valence-corrected chi connectivity index (χ0v) is 16.1. The Morgan fingerprint density at radius 3 is 2.32 bits per heavy atom. The largest absolute Gasteiger partial charge is 0.340 e. The molecule has 0 aliphatic carbocycles. The highest BCUT2D eigenvalue weighted by Gasteiger charge is 2.14. The highest BCUT2D eigenvalue weighted by Crippen LogP contribution is 2.21. The second-order valence-corrected chi connectivity index (χ2v) is 8.06. The summed E-state index contributed by atoms with van der Waals surface area (Å²) >= 11 is 0. The van der Waals surface area contributed by atoms with E-state index in [0.717, 1.165) is 16.9 Å². The first-order valence-corrected chi connectivity index (χ1v) is 10.0. The van der Waals surface area contributed by atoms with Crippen LogP contribution in [0.2, 0.25) is 0 Å². The highest BCUT2D eigenvalue weighted by atomic mass is 32.2. The van der Waals surface area contributed by atoms with Crippen LogP contribution in [0.15, 0.2) is 65.8 Å². The molecule has 0 aliphatic heterocycles. The first kappa shape index (κ1) is 17.9. The summed E-state index contributed by atoms with van der Waals surface area (Å²) in [5.74, 6) is 1.18. The molecular formula is C19H18N6O2S. The molecule has 0 amide bonds. The number of benzene rings is 2. The van der Waals surface area contributed by atoms with Gasteiger partial charge in [-0.15, -0.1) is 0 Å². The average molecular weight is 394 g/mol. The van der Waals surface area contributed by atoms with Crippen LogP contribution in [0.4, 0.5) is 17.2 Å². The standard InChI is InChI=1S/C19H18N6O2S/c1-13-3-5-16(6-4-13)24-28(26,27)17-9-7-15(8-10-17)23-18-11-14(2)22-19-20-12-21-25(18)19/h3-12,23-24H,1-2H3. The first-order valence-electron chi connectivity index (χ1n) is 8.55. The minimum Gasteiger partial charge on any atom is -0.340 e. The van der Waals surface area contributed by atoms with Crippen molar-refractivity contribution in [3.8, 4) is 0 Å². The Bertz CT molecular complexity index is 1230. The van der Waals surface area contributed by atoms with Crippen molar-refractivity contribution in [3.63, 3.8) is 0 Å². The Hall–Kier alpha value is -3.46. The molecule has 0 saturated carbocycles. The van der Waals surface area contributed by atoms with Crippen molar-refractivity contribution in [1.29, 1.82) is 0 Å². The van der Waals surface area contributed by atoms with E-state index >= 15 is 0 Å². The van der Waals surface area contributed by atoms with E-state index in [1.165, 1.54) is 6.33 Å². The second-order valence-electron chi connectivity index (χ2n) is 6.38. The number of aryl methyl sites for hydroxylation is 2. The molecular weight excluding hydrogens is 376 g/mol. The van der Waals surface area contributed by atoms with Crippen LogP contribution in [0, 0.1) is 13.8 Å². The summed E-state index contributed by atoms with van der Waals surface area (Å²) in [6, 6.07) is 15.5. The molecule has 0 bridgehead atoms. The van der Waals surface area contributed by atoms with Crippen LogP contribution in [0.3, 0.4) is 0 Å². The average Bonchev–Trinajstić information content (AvgIpc) is 3.12. The summed E-state index contributed by atoms with van der Waals surface area (Å²) in [5.41, 5.74) is 3.10. The maximum Gasteiger partial charge on any atom is 0.261 e. The zero-order chi connectivity index (χ0) is 19.7. The molecule has 0 fully saturated rings. The number of hydrogen-bond acceptors (Lipinski definition) is 6. The van der Waals surface area contributed by atoms with Gasteiger partial charge in [-0.05, 0) is 50.2 Å². The molecule has 0 saturated heterocycles. The molecule has 8 nitrogen and oxygen atoms in total. The third kappa shape index (κ3) is 3.65.